The van der Waals surface area contributed by atoms with Crippen molar-refractivity contribution in [2.75, 3.05) is 5.73 Å². The molecule has 0 saturated heterocycles. The first-order valence-corrected chi connectivity index (χ1v) is 6.56. The van der Waals surface area contributed by atoms with Crippen LogP contribution in [0, 0.1) is 0 Å². The molecule has 1 aromatic heterocycles. The van der Waals surface area contributed by atoms with Crippen molar-refractivity contribution in [2.45, 2.75) is 38.1 Å². The van der Waals surface area contributed by atoms with Gasteiger partial charge in [0.1, 0.15) is 0 Å². The van der Waals surface area contributed by atoms with Crippen LogP contribution in [0.2, 0.25) is 5.02 Å². The van der Waals surface area contributed by atoms with Crippen LogP contribution in [0.3, 0.4) is 0 Å². The summed E-state index contributed by atoms with van der Waals surface area (Å²) < 4.78 is 2.19. The van der Waals surface area contributed by atoms with Gasteiger partial charge in [0, 0.05) is 11.1 Å². The van der Waals surface area contributed by atoms with E-state index >= 15 is 0 Å². The number of anilines is 1. The minimum absolute atomic E-state index is 0.509. The second kappa shape index (κ2) is 4.22. The molecule has 0 atom stereocenters. The van der Waals surface area contributed by atoms with Crippen molar-refractivity contribution < 1.29 is 0 Å². The Kier molecular flexibility index (Phi) is 2.71. The largest absolute Gasteiger partial charge is 0.369 e. The predicted molar refractivity (Wildman–Crippen MR) is 71.3 cm³/mol. The lowest BCUT2D eigenvalue weighted by Crippen LogP contribution is -2.14. The number of nitrogens with zero attached hydrogens (tertiary/aromatic N) is 2. The highest BCUT2D eigenvalue weighted by Gasteiger charge is 2.20. The van der Waals surface area contributed by atoms with Crippen molar-refractivity contribution in [1.29, 1.82) is 0 Å². The number of aromatic nitrogens is 2. The first-order valence-electron chi connectivity index (χ1n) is 6.18. The molecule has 0 unspecified atom stereocenters. The molecule has 2 N–H and O–H groups in total. The summed E-state index contributed by atoms with van der Waals surface area (Å²) in [6, 6.07) is 6.32. The van der Waals surface area contributed by atoms with E-state index < -0.39 is 0 Å². The SMILES string of the molecule is Nc1nc2cc(Cl)ccc2n1C1CCCCC1. The van der Waals surface area contributed by atoms with Crippen LogP contribution in [0.25, 0.3) is 11.0 Å². The predicted octanol–water partition coefficient (Wildman–Crippen LogP) is 3.78. The zero-order chi connectivity index (χ0) is 11.8. The van der Waals surface area contributed by atoms with Gasteiger partial charge < -0.3 is 10.3 Å². The van der Waals surface area contributed by atoms with Gasteiger partial charge in [0.05, 0.1) is 11.0 Å². The molecule has 2 aromatic rings. The number of halogens is 1. The minimum Gasteiger partial charge on any atom is -0.369 e. The number of fused-ring (bicyclic) bond motifs is 1. The van der Waals surface area contributed by atoms with E-state index in [2.05, 4.69) is 9.55 Å². The first-order chi connectivity index (χ1) is 8.25. The van der Waals surface area contributed by atoms with E-state index in [0.29, 0.717) is 17.0 Å². The van der Waals surface area contributed by atoms with Gasteiger partial charge in [0.25, 0.3) is 0 Å². The Labute approximate surface area is 106 Å². The van der Waals surface area contributed by atoms with Crippen LogP contribution in [0.4, 0.5) is 5.95 Å². The van der Waals surface area contributed by atoms with Gasteiger partial charge in [0.15, 0.2) is 0 Å². The Bertz CT molecular complexity index is 541. The summed E-state index contributed by atoms with van der Waals surface area (Å²) >= 11 is 5.98. The maximum Gasteiger partial charge on any atom is 0.201 e. The van der Waals surface area contributed by atoms with E-state index in [-0.39, 0.29) is 0 Å². The molecular formula is C13H16ClN3. The molecule has 1 fully saturated rings. The second-order valence-electron chi connectivity index (χ2n) is 4.76. The molecule has 1 aliphatic rings. The molecule has 3 nitrogen and oxygen atoms in total. The molecule has 1 aliphatic carbocycles. The second-order valence-corrected chi connectivity index (χ2v) is 5.20. The first kappa shape index (κ1) is 10.9. The number of hydrogen-bond acceptors (Lipinski definition) is 2. The van der Waals surface area contributed by atoms with Gasteiger partial charge in [-0.25, -0.2) is 4.98 Å². The van der Waals surface area contributed by atoms with Gasteiger partial charge >= 0.3 is 0 Å². The highest BCUT2D eigenvalue weighted by atomic mass is 35.5. The molecular weight excluding hydrogens is 234 g/mol. The molecule has 0 bridgehead atoms. The van der Waals surface area contributed by atoms with Crippen molar-refractivity contribution in [3.63, 3.8) is 0 Å². The number of benzene rings is 1. The highest BCUT2D eigenvalue weighted by molar-refractivity contribution is 6.31. The van der Waals surface area contributed by atoms with Gasteiger partial charge in [-0.1, -0.05) is 30.9 Å². The fourth-order valence-electron chi connectivity index (χ4n) is 2.81. The Morgan fingerprint density at radius 1 is 1.24 bits per heavy atom. The molecule has 1 heterocycles. The van der Waals surface area contributed by atoms with E-state index in [1.54, 1.807) is 0 Å². The lowest BCUT2D eigenvalue weighted by Gasteiger charge is -2.24. The van der Waals surface area contributed by atoms with Crippen LogP contribution in [0.5, 0.6) is 0 Å². The Balaban J connectivity index is 2.11. The zero-order valence-electron chi connectivity index (χ0n) is 9.69. The summed E-state index contributed by atoms with van der Waals surface area (Å²) in [5.41, 5.74) is 8.06. The van der Waals surface area contributed by atoms with Gasteiger partial charge in [0.2, 0.25) is 5.95 Å². The Morgan fingerprint density at radius 3 is 2.76 bits per heavy atom. The van der Waals surface area contributed by atoms with Gasteiger partial charge in [-0.2, -0.15) is 0 Å². The van der Waals surface area contributed by atoms with E-state index in [1.807, 2.05) is 18.2 Å². The molecule has 90 valence electrons. The average molecular weight is 250 g/mol. The average Bonchev–Trinajstić information content (AvgIpc) is 2.65. The van der Waals surface area contributed by atoms with Crippen LogP contribution in [-0.4, -0.2) is 9.55 Å². The third-order valence-corrected chi connectivity index (χ3v) is 3.85. The van der Waals surface area contributed by atoms with E-state index in [1.165, 1.54) is 32.1 Å². The van der Waals surface area contributed by atoms with E-state index in [4.69, 9.17) is 17.3 Å². The van der Waals surface area contributed by atoms with Crippen LogP contribution < -0.4 is 5.73 Å². The van der Waals surface area contributed by atoms with E-state index in [9.17, 15) is 0 Å². The number of nitrogen functional groups attached to an aromatic ring is 1. The maximum absolute atomic E-state index is 6.04. The molecule has 1 aromatic carbocycles. The number of rotatable bonds is 1. The van der Waals surface area contributed by atoms with Gasteiger partial charge in [-0.3, -0.25) is 0 Å². The maximum atomic E-state index is 6.04. The van der Waals surface area contributed by atoms with E-state index in [0.717, 1.165) is 11.0 Å². The lowest BCUT2D eigenvalue weighted by molar-refractivity contribution is 0.363. The van der Waals surface area contributed by atoms with Gasteiger partial charge in [-0.15, -0.1) is 0 Å². The minimum atomic E-state index is 0.509. The van der Waals surface area contributed by atoms with Crippen LogP contribution in [0.15, 0.2) is 18.2 Å². The molecule has 4 heteroatoms. The standard InChI is InChI=1S/C13H16ClN3/c14-9-6-7-12-11(8-9)16-13(15)17(12)10-4-2-1-3-5-10/h6-8,10H,1-5H2,(H2,15,16). The smallest absolute Gasteiger partial charge is 0.201 e. The summed E-state index contributed by atoms with van der Waals surface area (Å²) in [7, 11) is 0. The molecule has 0 radical (unpaired) electrons. The summed E-state index contributed by atoms with van der Waals surface area (Å²) in [4.78, 5) is 4.41. The fourth-order valence-corrected chi connectivity index (χ4v) is 2.98. The third kappa shape index (κ3) is 1.89. The molecule has 3 rings (SSSR count). The van der Waals surface area contributed by atoms with Crippen molar-refractivity contribution in [2.24, 2.45) is 0 Å². The van der Waals surface area contributed by atoms with Crippen LogP contribution >= 0.6 is 11.6 Å². The van der Waals surface area contributed by atoms with Crippen LogP contribution in [0.1, 0.15) is 38.1 Å². The van der Waals surface area contributed by atoms with Crippen molar-refractivity contribution >= 4 is 28.6 Å². The molecule has 0 amide bonds. The lowest BCUT2D eigenvalue weighted by atomic mass is 9.95. The summed E-state index contributed by atoms with van der Waals surface area (Å²) in [5, 5.41) is 0.714. The highest BCUT2D eigenvalue weighted by Crippen LogP contribution is 2.33. The van der Waals surface area contributed by atoms with Crippen LogP contribution in [-0.2, 0) is 0 Å². The molecule has 1 saturated carbocycles. The molecule has 0 spiro atoms. The molecule has 0 aliphatic heterocycles. The normalized spacial score (nSPS) is 17.7. The Morgan fingerprint density at radius 2 is 2.00 bits per heavy atom. The van der Waals surface area contributed by atoms with Crippen molar-refractivity contribution in [3.8, 4) is 0 Å². The molecule has 17 heavy (non-hydrogen) atoms. The Hall–Kier alpha value is -1.22. The zero-order valence-corrected chi connectivity index (χ0v) is 10.5. The summed E-state index contributed by atoms with van der Waals surface area (Å²) in [5.74, 6) is 0.620. The third-order valence-electron chi connectivity index (χ3n) is 3.62. The number of nitrogens with two attached hydrogens (primary N) is 1. The summed E-state index contributed by atoms with van der Waals surface area (Å²) in [6.07, 6.45) is 6.33. The fraction of sp³-hybridized carbons (Fsp3) is 0.462. The van der Waals surface area contributed by atoms with Crippen molar-refractivity contribution in [3.05, 3.63) is 23.2 Å². The summed E-state index contributed by atoms with van der Waals surface area (Å²) in [6.45, 7) is 0. The topological polar surface area (TPSA) is 43.8 Å². The number of imidazole rings is 1. The van der Waals surface area contributed by atoms with Gasteiger partial charge in [-0.05, 0) is 31.0 Å². The number of hydrogen-bond donors (Lipinski definition) is 1. The quantitative estimate of drug-likeness (QED) is 0.836. The monoisotopic (exact) mass is 249 g/mol. The van der Waals surface area contributed by atoms with Crippen molar-refractivity contribution in [1.82, 2.24) is 9.55 Å².